The number of anilines is 2. The van der Waals surface area contributed by atoms with Crippen molar-refractivity contribution < 1.29 is 5.11 Å². The van der Waals surface area contributed by atoms with E-state index in [-0.39, 0.29) is 18.6 Å². The van der Waals surface area contributed by atoms with Crippen LogP contribution in [0.4, 0.5) is 10.8 Å². The van der Waals surface area contributed by atoms with Crippen molar-refractivity contribution in [2.45, 2.75) is 19.9 Å². The van der Waals surface area contributed by atoms with Gasteiger partial charge in [0.15, 0.2) is 5.13 Å². The molecule has 0 aliphatic carbocycles. The van der Waals surface area contributed by atoms with Crippen molar-refractivity contribution in [3.8, 4) is 0 Å². The molecule has 0 radical (unpaired) electrons. The smallest absolute Gasteiger partial charge is 0.184 e. The summed E-state index contributed by atoms with van der Waals surface area (Å²) in [5, 5.41) is 13.3. The van der Waals surface area contributed by atoms with E-state index in [1.165, 1.54) is 0 Å². The summed E-state index contributed by atoms with van der Waals surface area (Å²) in [6.45, 7) is 4.22. The fraction of sp³-hybridized carbons (Fsp3) is 0.417. The predicted octanol–water partition coefficient (Wildman–Crippen LogP) is 2.31. The number of benzene rings is 1. The van der Waals surface area contributed by atoms with Gasteiger partial charge in [-0.1, -0.05) is 18.3 Å². The van der Waals surface area contributed by atoms with Crippen molar-refractivity contribution in [1.82, 2.24) is 4.98 Å². The van der Waals surface area contributed by atoms with Crippen molar-refractivity contribution >= 4 is 32.4 Å². The molecule has 92 valence electrons. The number of nitrogens with two attached hydrogens (primary N) is 1. The lowest BCUT2D eigenvalue weighted by atomic mass is 10.1. The Morgan fingerprint density at radius 3 is 2.94 bits per heavy atom. The van der Waals surface area contributed by atoms with E-state index in [2.05, 4.69) is 10.3 Å². The van der Waals surface area contributed by atoms with Crippen LogP contribution in [0.3, 0.4) is 0 Å². The highest BCUT2D eigenvalue weighted by Gasteiger charge is 2.13. The molecule has 0 saturated carbocycles. The number of aliphatic hydroxyl groups is 1. The van der Waals surface area contributed by atoms with Crippen LogP contribution in [-0.2, 0) is 0 Å². The molecule has 4 N–H and O–H groups in total. The van der Waals surface area contributed by atoms with Crippen LogP contribution < -0.4 is 11.1 Å². The van der Waals surface area contributed by atoms with Gasteiger partial charge in [-0.05, 0) is 31.0 Å². The summed E-state index contributed by atoms with van der Waals surface area (Å²) in [6.07, 6.45) is 0. The van der Waals surface area contributed by atoms with E-state index in [0.717, 1.165) is 21.0 Å². The summed E-state index contributed by atoms with van der Waals surface area (Å²) in [7, 11) is 0. The van der Waals surface area contributed by atoms with Crippen LogP contribution in [0.2, 0.25) is 0 Å². The molecule has 2 rings (SSSR count). The molecule has 4 nitrogen and oxygen atoms in total. The quantitative estimate of drug-likeness (QED) is 0.729. The van der Waals surface area contributed by atoms with E-state index >= 15 is 0 Å². The SMILES string of the molecule is CC(CO)C(C)Nc1nc2ccc(N)cc2s1. The zero-order valence-electron chi connectivity index (χ0n) is 9.97. The van der Waals surface area contributed by atoms with Gasteiger partial charge in [-0.2, -0.15) is 0 Å². The van der Waals surface area contributed by atoms with Crippen LogP contribution in [0, 0.1) is 5.92 Å². The van der Waals surface area contributed by atoms with Gasteiger partial charge in [-0.3, -0.25) is 0 Å². The number of rotatable bonds is 4. The maximum Gasteiger partial charge on any atom is 0.184 e. The standard InChI is InChI=1S/C12H17N3OS/c1-7(6-16)8(2)14-12-15-10-4-3-9(13)5-11(10)17-12/h3-5,7-8,16H,6,13H2,1-2H3,(H,14,15). The molecule has 0 spiro atoms. The van der Waals surface area contributed by atoms with E-state index in [4.69, 9.17) is 10.8 Å². The second kappa shape index (κ2) is 4.89. The van der Waals surface area contributed by atoms with Crippen molar-refractivity contribution in [2.75, 3.05) is 17.7 Å². The van der Waals surface area contributed by atoms with Crippen molar-refractivity contribution in [3.05, 3.63) is 18.2 Å². The topological polar surface area (TPSA) is 71.2 Å². The first-order chi connectivity index (χ1) is 8.10. The average Bonchev–Trinajstić information content (AvgIpc) is 2.69. The number of thiazole rings is 1. The minimum absolute atomic E-state index is 0.173. The summed E-state index contributed by atoms with van der Waals surface area (Å²) in [5.74, 6) is 0.201. The van der Waals surface area contributed by atoms with Gasteiger partial charge in [0.05, 0.1) is 10.2 Å². The van der Waals surface area contributed by atoms with Gasteiger partial charge in [0, 0.05) is 18.3 Å². The molecule has 0 bridgehead atoms. The third-order valence-electron chi connectivity index (χ3n) is 2.91. The highest BCUT2D eigenvalue weighted by Crippen LogP contribution is 2.28. The van der Waals surface area contributed by atoms with Crippen LogP contribution in [0.1, 0.15) is 13.8 Å². The Kier molecular flexibility index (Phi) is 3.49. The molecule has 0 fully saturated rings. The average molecular weight is 251 g/mol. The van der Waals surface area contributed by atoms with Crippen LogP contribution in [0.15, 0.2) is 18.2 Å². The summed E-state index contributed by atoms with van der Waals surface area (Å²) < 4.78 is 1.08. The Hall–Kier alpha value is -1.33. The lowest BCUT2D eigenvalue weighted by molar-refractivity contribution is 0.226. The third-order valence-corrected chi connectivity index (χ3v) is 3.85. The molecular formula is C12H17N3OS. The Balaban J connectivity index is 2.19. The second-order valence-corrected chi connectivity index (χ2v) is 5.37. The number of aliphatic hydroxyl groups excluding tert-OH is 1. The number of fused-ring (bicyclic) bond motifs is 1. The van der Waals surface area contributed by atoms with Gasteiger partial charge in [0.1, 0.15) is 0 Å². The Labute approximate surface area is 104 Å². The maximum absolute atomic E-state index is 9.09. The minimum atomic E-state index is 0.173. The summed E-state index contributed by atoms with van der Waals surface area (Å²) in [4.78, 5) is 4.48. The summed E-state index contributed by atoms with van der Waals surface area (Å²) in [6, 6.07) is 5.90. The molecule has 5 heteroatoms. The molecule has 2 atom stereocenters. The molecule has 0 saturated heterocycles. The molecule has 17 heavy (non-hydrogen) atoms. The number of hydrogen-bond acceptors (Lipinski definition) is 5. The zero-order chi connectivity index (χ0) is 12.4. The first-order valence-corrected chi connectivity index (χ1v) is 6.45. The van der Waals surface area contributed by atoms with Gasteiger partial charge in [-0.25, -0.2) is 4.98 Å². The molecule has 1 aromatic heterocycles. The van der Waals surface area contributed by atoms with E-state index in [9.17, 15) is 0 Å². The highest BCUT2D eigenvalue weighted by molar-refractivity contribution is 7.22. The molecule has 1 heterocycles. The number of hydrogen-bond donors (Lipinski definition) is 3. The van der Waals surface area contributed by atoms with Crippen LogP contribution in [0.5, 0.6) is 0 Å². The molecule has 0 aliphatic heterocycles. The second-order valence-electron chi connectivity index (χ2n) is 4.34. The fourth-order valence-corrected chi connectivity index (χ4v) is 2.51. The normalized spacial score (nSPS) is 14.8. The molecular weight excluding hydrogens is 234 g/mol. The van der Waals surface area contributed by atoms with Gasteiger partial charge in [0.2, 0.25) is 0 Å². The highest BCUT2D eigenvalue weighted by atomic mass is 32.1. The van der Waals surface area contributed by atoms with Crippen LogP contribution >= 0.6 is 11.3 Å². The monoisotopic (exact) mass is 251 g/mol. The van der Waals surface area contributed by atoms with Gasteiger partial charge in [-0.15, -0.1) is 0 Å². The molecule has 2 unspecified atom stereocenters. The molecule has 2 aromatic rings. The first-order valence-electron chi connectivity index (χ1n) is 5.63. The molecule has 0 amide bonds. The third kappa shape index (κ3) is 2.68. The van der Waals surface area contributed by atoms with Crippen LogP contribution in [-0.4, -0.2) is 22.7 Å². The van der Waals surface area contributed by atoms with E-state index in [0.29, 0.717) is 0 Å². The minimum Gasteiger partial charge on any atom is -0.399 e. The number of nitrogen functional groups attached to an aromatic ring is 1. The van der Waals surface area contributed by atoms with E-state index in [1.807, 2.05) is 32.0 Å². The number of nitrogens with zero attached hydrogens (tertiary/aromatic N) is 1. The molecule has 1 aromatic carbocycles. The Bertz CT molecular complexity index is 511. The predicted molar refractivity (Wildman–Crippen MR) is 73.4 cm³/mol. The first kappa shape index (κ1) is 12.1. The van der Waals surface area contributed by atoms with Crippen LogP contribution in [0.25, 0.3) is 10.2 Å². The summed E-state index contributed by atoms with van der Waals surface area (Å²) >= 11 is 1.58. The fourth-order valence-electron chi connectivity index (χ4n) is 1.50. The van der Waals surface area contributed by atoms with E-state index < -0.39 is 0 Å². The van der Waals surface area contributed by atoms with Crippen molar-refractivity contribution in [2.24, 2.45) is 5.92 Å². The molecule has 0 aliphatic rings. The maximum atomic E-state index is 9.09. The largest absolute Gasteiger partial charge is 0.399 e. The van der Waals surface area contributed by atoms with Gasteiger partial charge in [0.25, 0.3) is 0 Å². The zero-order valence-corrected chi connectivity index (χ0v) is 10.8. The number of nitrogens with one attached hydrogen (secondary N) is 1. The van der Waals surface area contributed by atoms with Gasteiger partial charge < -0.3 is 16.2 Å². The van der Waals surface area contributed by atoms with Crippen molar-refractivity contribution in [3.63, 3.8) is 0 Å². The lowest BCUT2D eigenvalue weighted by Gasteiger charge is -2.18. The van der Waals surface area contributed by atoms with Crippen molar-refractivity contribution in [1.29, 1.82) is 0 Å². The summed E-state index contributed by atoms with van der Waals surface area (Å²) in [5.41, 5.74) is 7.44. The Morgan fingerprint density at radius 1 is 1.47 bits per heavy atom. The van der Waals surface area contributed by atoms with Gasteiger partial charge >= 0.3 is 0 Å². The number of aromatic nitrogens is 1. The lowest BCUT2D eigenvalue weighted by Crippen LogP contribution is -2.26. The Morgan fingerprint density at radius 2 is 2.24 bits per heavy atom. The van der Waals surface area contributed by atoms with E-state index in [1.54, 1.807) is 11.3 Å².